The number of carbonyl (C=O) groups is 2. The van der Waals surface area contributed by atoms with Gasteiger partial charge in [0.25, 0.3) is 5.89 Å². The number of aromatic nitrogens is 3. The van der Waals surface area contributed by atoms with Crippen LogP contribution in [0, 0.1) is 5.92 Å². The Morgan fingerprint density at radius 1 is 1.14 bits per heavy atom. The van der Waals surface area contributed by atoms with Crippen LogP contribution in [0.5, 0.6) is 0 Å². The number of esters is 1. The molecular formula is C21H22N4O4. The Labute approximate surface area is 168 Å². The van der Waals surface area contributed by atoms with Gasteiger partial charge in [0.05, 0.1) is 6.42 Å². The minimum Gasteiger partial charge on any atom is -0.454 e. The molecule has 2 heterocycles. The maximum absolute atomic E-state index is 12.5. The summed E-state index contributed by atoms with van der Waals surface area (Å²) in [6.07, 6.45) is 3.44. The summed E-state index contributed by atoms with van der Waals surface area (Å²) in [5, 5.41) is 6.60. The fourth-order valence-electron chi connectivity index (χ4n) is 2.65. The van der Waals surface area contributed by atoms with E-state index in [1.165, 1.54) is 0 Å². The molecular weight excluding hydrogens is 372 g/mol. The van der Waals surface area contributed by atoms with Gasteiger partial charge in [-0.05, 0) is 23.6 Å². The van der Waals surface area contributed by atoms with Gasteiger partial charge in [-0.25, -0.2) is 4.79 Å². The highest BCUT2D eigenvalue weighted by Crippen LogP contribution is 2.14. The Balaban J connectivity index is 1.56. The molecule has 0 aliphatic heterocycles. The molecule has 0 saturated heterocycles. The van der Waals surface area contributed by atoms with Crippen molar-refractivity contribution < 1.29 is 18.8 Å². The van der Waals surface area contributed by atoms with E-state index >= 15 is 0 Å². The molecule has 1 aromatic carbocycles. The van der Waals surface area contributed by atoms with Crippen LogP contribution in [0.2, 0.25) is 0 Å². The maximum atomic E-state index is 12.5. The Kier molecular flexibility index (Phi) is 6.67. The van der Waals surface area contributed by atoms with Crippen LogP contribution in [0.25, 0.3) is 11.4 Å². The number of nitrogens with one attached hydrogen (secondary N) is 1. The summed E-state index contributed by atoms with van der Waals surface area (Å²) in [7, 11) is 0. The number of ether oxygens (including phenoxy) is 1. The van der Waals surface area contributed by atoms with Gasteiger partial charge in [0.15, 0.2) is 6.61 Å². The number of carbonyl (C=O) groups excluding carboxylic acids is 2. The van der Waals surface area contributed by atoms with Crippen molar-refractivity contribution in [3.63, 3.8) is 0 Å². The van der Waals surface area contributed by atoms with Gasteiger partial charge in [-0.15, -0.1) is 0 Å². The predicted molar refractivity (Wildman–Crippen MR) is 104 cm³/mol. The molecule has 2 aromatic heterocycles. The minimum atomic E-state index is -0.771. The molecule has 1 amide bonds. The number of benzene rings is 1. The second-order valence-electron chi connectivity index (χ2n) is 6.81. The van der Waals surface area contributed by atoms with Crippen LogP contribution >= 0.6 is 0 Å². The van der Waals surface area contributed by atoms with E-state index in [-0.39, 0.29) is 30.7 Å². The largest absolute Gasteiger partial charge is 0.454 e. The lowest BCUT2D eigenvalue weighted by Crippen LogP contribution is -2.45. The first-order chi connectivity index (χ1) is 14.0. The lowest BCUT2D eigenvalue weighted by atomic mass is 10.0. The fourth-order valence-corrected chi connectivity index (χ4v) is 2.65. The first-order valence-corrected chi connectivity index (χ1v) is 9.26. The van der Waals surface area contributed by atoms with E-state index in [2.05, 4.69) is 20.4 Å². The van der Waals surface area contributed by atoms with Gasteiger partial charge in [-0.1, -0.05) is 49.3 Å². The Hall–Kier alpha value is -3.55. The van der Waals surface area contributed by atoms with Crippen molar-refractivity contribution in [3.8, 4) is 11.4 Å². The van der Waals surface area contributed by atoms with E-state index < -0.39 is 12.0 Å². The molecule has 3 aromatic rings. The topological polar surface area (TPSA) is 107 Å². The molecule has 0 fully saturated rings. The standard InChI is InChI=1S/C21H22N4O4/c1-14(2)19(23-17(26)11-15-7-4-3-5-8-15)21(27)28-13-18-24-20(25-29-18)16-9-6-10-22-12-16/h3-10,12,14,19H,11,13H2,1-2H3,(H,23,26)/t19-/m0/s1. The van der Waals surface area contributed by atoms with Crippen LogP contribution in [0.3, 0.4) is 0 Å². The number of hydrogen-bond acceptors (Lipinski definition) is 7. The van der Waals surface area contributed by atoms with Crippen molar-refractivity contribution >= 4 is 11.9 Å². The molecule has 0 saturated carbocycles. The Morgan fingerprint density at radius 3 is 2.62 bits per heavy atom. The molecule has 150 valence electrons. The van der Waals surface area contributed by atoms with E-state index in [9.17, 15) is 9.59 Å². The van der Waals surface area contributed by atoms with E-state index in [0.29, 0.717) is 11.4 Å². The summed E-state index contributed by atoms with van der Waals surface area (Å²) < 4.78 is 10.4. The minimum absolute atomic E-state index is 0.143. The molecule has 0 bridgehead atoms. The summed E-state index contributed by atoms with van der Waals surface area (Å²) in [6, 6.07) is 12.1. The number of pyridine rings is 1. The highest BCUT2D eigenvalue weighted by Gasteiger charge is 2.26. The molecule has 1 N–H and O–H groups in total. The highest BCUT2D eigenvalue weighted by molar-refractivity contribution is 5.85. The highest BCUT2D eigenvalue weighted by atomic mass is 16.6. The average Bonchev–Trinajstić information content (AvgIpc) is 3.20. The van der Waals surface area contributed by atoms with Crippen LogP contribution in [-0.2, 0) is 27.4 Å². The molecule has 0 spiro atoms. The van der Waals surface area contributed by atoms with Crippen molar-refractivity contribution in [1.82, 2.24) is 20.4 Å². The van der Waals surface area contributed by atoms with Gasteiger partial charge < -0.3 is 14.6 Å². The number of hydrogen-bond donors (Lipinski definition) is 1. The maximum Gasteiger partial charge on any atom is 0.329 e. The van der Waals surface area contributed by atoms with Crippen molar-refractivity contribution in [2.24, 2.45) is 5.92 Å². The lowest BCUT2D eigenvalue weighted by molar-refractivity contribution is -0.151. The third-order valence-corrected chi connectivity index (χ3v) is 4.17. The van der Waals surface area contributed by atoms with Crippen molar-refractivity contribution in [1.29, 1.82) is 0 Å². The summed E-state index contributed by atoms with van der Waals surface area (Å²) in [5.74, 6) is -0.419. The first kappa shape index (κ1) is 20.2. The molecule has 8 heteroatoms. The van der Waals surface area contributed by atoms with Crippen LogP contribution < -0.4 is 5.32 Å². The third kappa shape index (κ3) is 5.71. The fraction of sp³-hybridized carbons (Fsp3) is 0.286. The first-order valence-electron chi connectivity index (χ1n) is 9.26. The van der Waals surface area contributed by atoms with Gasteiger partial charge in [0.1, 0.15) is 6.04 Å². The average molecular weight is 394 g/mol. The lowest BCUT2D eigenvalue weighted by Gasteiger charge is -2.20. The van der Waals surface area contributed by atoms with Crippen LogP contribution in [-0.4, -0.2) is 33.0 Å². The summed E-state index contributed by atoms with van der Waals surface area (Å²) in [5.41, 5.74) is 1.57. The molecule has 8 nitrogen and oxygen atoms in total. The zero-order valence-corrected chi connectivity index (χ0v) is 16.2. The van der Waals surface area contributed by atoms with Gasteiger partial charge in [0, 0.05) is 18.0 Å². The van der Waals surface area contributed by atoms with E-state index in [1.807, 2.05) is 44.2 Å². The Morgan fingerprint density at radius 2 is 1.93 bits per heavy atom. The van der Waals surface area contributed by atoms with Crippen molar-refractivity contribution in [2.75, 3.05) is 0 Å². The van der Waals surface area contributed by atoms with Gasteiger partial charge in [0.2, 0.25) is 11.7 Å². The number of amides is 1. The van der Waals surface area contributed by atoms with Crippen molar-refractivity contribution in [2.45, 2.75) is 32.9 Å². The SMILES string of the molecule is CC(C)[C@H](NC(=O)Cc1ccccc1)C(=O)OCc1nc(-c2cccnc2)no1. The van der Waals surface area contributed by atoms with Gasteiger partial charge >= 0.3 is 5.97 Å². The van der Waals surface area contributed by atoms with Crippen molar-refractivity contribution in [3.05, 3.63) is 66.3 Å². The van der Waals surface area contributed by atoms with Crippen LogP contribution in [0.1, 0.15) is 25.3 Å². The number of nitrogens with zero attached hydrogens (tertiary/aromatic N) is 3. The number of rotatable bonds is 8. The molecule has 0 unspecified atom stereocenters. The van der Waals surface area contributed by atoms with E-state index in [1.54, 1.807) is 24.5 Å². The monoisotopic (exact) mass is 394 g/mol. The smallest absolute Gasteiger partial charge is 0.329 e. The second-order valence-corrected chi connectivity index (χ2v) is 6.81. The zero-order valence-electron chi connectivity index (χ0n) is 16.2. The van der Waals surface area contributed by atoms with Crippen LogP contribution in [0.4, 0.5) is 0 Å². The molecule has 3 rings (SSSR count). The summed E-state index contributed by atoms with van der Waals surface area (Å²) in [6.45, 7) is 3.49. The molecule has 29 heavy (non-hydrogen) atoms. The second kappa shape index (κ2) is 9.59. The van der Waals surface area contributed by atoms with Gasteiger partial charge in [-0.2, -0.15) is 4.98 Å². The summed E-state index contributed by atoms with van der Waals surface area (Å²) >= 11 is 0. The molecule has 1 atom stereocenters. The predicted octanol–water partition coefficient (Wildman–Crippen LogP) is 2.56. The summed E-state index contributed by atoms with van der Waals surface area (Å²) in [4.78, 5) is 33.0. The molecule has 0 radical (unpaired) electrons. The zero-order chi connectivity index (χ0) is 20.6. The van der Waals surface area contributed by atoms with Gasteiger partial charge in [-0.3, -0.25) is 9.78 Å². The molecule has 0 aliphatic rings. The van der Waals surface area contributed by atoms with E-state index in [4.69, 9.17) is 9.26 Å². The normalized spacial score (nSPS) is 11.8. The molecule has 0 aliphatic carbocycles. The third-order valence-electron chi connectivity index (χ3n) is 4.17. The van der Waals surface area contributed by atoms with E-state index in [0.717, 1.165) is 5.56 Å². The Bertz CT molecular complexity index is 942. The van der Waals surface area contributed by atoms with Crippen LogP contribution in [0.15, 0.2) is 59.4 Å². The quantitative estimate of drug-likeness (QED) is 0.585.